The molecule has 0 spiro atoms. The molecule has 0 fully saturated rings. The molecule has 5 N–H and O–H groups in total. The van der Waals surface area contributed by atoms with Crippen LogP contribution in [0.5, 0.6) is 0 Å². The molecule has 2 aromatic rings. The molecule has 32 heavy (non-hydrogen) atoms. The number of aliphatic hydroxyl groups is 1. The topological polar surface area (TPSA) is 136 Å². The average molecular weight is 483 g/mol. The Hall–Kier alpha value is -2.43. The number of hydrogen-bond donors (Lipinski definition) is 5. The van der Waals surface area contributed by atoms with Gasteiger partial charge in [0.2, 0.25) is 5.91 Å². The van der Waals surface area contributed by atoms with Crippen molar-refractivity contribution in [1.82, 2.24) is 0 Å². The summed E-state index contributed by atoms with van der Waals surface area (Å²) in [6.07, 6.45) is 0.651. The van der Waals surface area contributed by atoms with Crippen LogP contribution in [0.25, 0.3) is 0 Å². The fraction of sp³-hybridized carbons (Fsp3) is 0.500. The monoisotopic (exact) mass is 482 g/mol. The second kappa shape index (κ2) is 11.4. The van der Waals surface area contributed by atoms with Gasteiger partial charge in [-0.15, -0.1) is 22.7 Å². The highest BCUT2D eigenvalue weighted by atomic mass is 32.1. The number of carboxylic acids is 2. The van der Waals surface area contributed by atoms with Gasteiger partial charge in [0.05, 0.1) is 11.1 Å². The number of rotatable bonds is 12. The minimum absolute atomic E-state index is 0.0404. The van der Waals surface area contributed by atoms with Gasteiger partial charge in [0.1, 0.15) is 16.2 Å². The molecular weight excluding hydrogens is 452 g/mol. The van der Waals surface area contributed by atoms with Gasteiger partial charge in [-0.25, -0.2) is 9.59 Å². The summed E-state index contributed by atoms with van der Waals surface area (Å²) in [4.78, 5) is 35.4. The van der Waals surface area contributed by atoms with Crippen LogP contribution in [0.3, 0.4) is 0 Å². The molecule has 1 atom stereocenters. The summed E-state index contributed by atoms with van der Waals surface area (Å²) in [6, 6.07) is 0. The van der Waals surface area contributed by atoms with Crippen LogP contribution in [0.1, 0.15) is 97.1 Å². The van der Waals surface area contributed by atoms with E-state index in [2.05, 4.69) is 10.6 Å². The number of thiophene rings is 2. The SMILES string of the molecule is CC(C)c1csc(NC(=O)CCCCC(O)Nc2scc(C(C)C)c2C(=O)O)c1C(=O)O. The van der Waals surface area contributed by atoms with Crippen LogP contribution in [0.15, 0.2) is 10.8 Å². The number of aromatic carboxylic acids is 2. The van der Waals surface area contributed by atoms with Crippen molar-refractivity contribution in [1.29, 1.82) is 0 Å². The molecule has 2 heterocycles. The molecule has 10 heteroatoms. The van der Waals surface area contributed by atoms with Crippen LogP contribution in [0.2, 0.25) is 0 Å². The predicted molar refractivity (Wildman–Crippen MR) is 127 cm³/mol. The smallest absolute Gasteiger partial charge is 0.339 e. The number of carbonyl (C=O) groups is 3. The third kappa shape index (κ3) is 6.54. The molecule has 176 valence electrons. The van der Waals surface area contributed by atoms with E-state index in [0.717, 1.165) is 5.56 Å². The second-order valence-corrected chi connectivity index (χ2v) is 9.92. The number of amides is 1. The van der Waals surface area contributed by atoms with Crippen molar-refractivity contribution in [2.24, 2.45) is 0 Å². The van der Waals surface area contributed by atoms with Crippen LogP contribution >= 0.6 is 22.7 Å². The highest BCUT2D eigenvalue weighted by Crippen LogP contribution is 2.34. The first-order valence-electron chi connectivity index (χ1n) is 10.5. The van der Waals surface area contributed by atoms with Crippen LogP contribution in [-0.4, -0.2) is 39.4 Å². The summed E-state index contributed by atoms with van der Waals surface area (Å²) in [5.41, 5.74) is 1.75. The fourth-order valence-electron chi connectivity index (χ4n) is 3.27. The van der Waals surface area contributed by atoms with Crippen molar-refractivity contribution in [3.8, 4) is 0 Å². The number of unbranched alkanes of at least 4 members (excludes halogenated alkanes) is 1. The number of hydrogen-bond acceptors (Lipinski definition) is 7. The number of carboxylic acid groups (broad SMARTS) is 2. The van der Waals surface area contributed by atoms with Crippen molar-refractivity contribution in [2.75, 3.05) is 10.6 Å². The summed E-state index contributed by atoms with van der Waals surface area (Å²) < 4.78 is 0. The molecule has 0 bridgehead atoms. The van der Waals surface area contributed by atoms with Gasteiger partial charge in [0.25, 0.3) is 0 Å². The largest absolute Gasteiger partial charge is 0.478 e. The van der Waals surface area contributed by atoms with Crippen molar-refractivity contribution in [3.05, 3.63) is 33.0 Å². The van der Waals surface area contributed by atoms with E-state index >= 15 is 0 Å². The van der Waals surface area contributed by atoms with Gasteiger partial charge in [-0.3, -0.25) is 4.79 Å². The van der Waals surface area contributed by atoms with Crippen LogP contribution < -0.4 is 10.6 Å². The van der Waals surface area contributed by atoms with E-state index in [1.165, 1.54) is 22.7 Å². The van der Waals surface area contributed by atoms with Crippen molar-refractivity contribution < 1.29 is 29.7 Å². The highest BCUT2D eigenvalue weighted by Gasteiger charge is 2.23. The maximum Gasteiger partial charge on any atom is 0.339 e. The zero-order valence-corrected chi connectivity index (χ0v) is 20.2. The minimum atomic E-state index is -1.06. The summed E-state index contributed by atoms with van der Waals surface area (Å²) in [6.45, 7) is 7.63. The van der Waals surface area contributed by atoms with Crippen molar-refractivity contribution in [3.63, 3.8) is 0 Å². The van der Waals surface area contributed by atoms with Gasteiger partial charge in [0, 0.05) is 6.42 Å². The van der Waals surface area contributed by atoms with Crippen LogP contribution in [0.4, 0.5) is 10.0 Å². The van der Waals surface area contributed by atoms with E-state index < -0.39 is 18.2 Å². The Balaban J connectivity index is 1.84. The lowest BCUT2D eigenvalue weighted by molar-refractivity contribution is -0.116. The molecule has 0 radical (unpaired) electrons. The first kappa shape index (κ1) is 25.8. The fourth-order valence-corrected chi connectivity index (χ4v) is 5.56. The third-order valence-corrected chi connectivity index (χ3v) is 6.84. The quantitative estimate of drug-likeness (QED) is 0.202. The molecule has 0 saturated heterocycles. The van der Waals surface area contributed by atoms with E-state index in [1.54, 1.807) is 10.8 Å². The zero-order chi connectivity index (χ0) is 24.0. The second-order valence-electron chi connectivity index (χ2n) is 8.16. The van der Waals surface area contributed by atoms with Crippen molar-refractivity contribution in [2.45, 2.75) is 71.4 Å². The molecule has 8 nitrogen and oxygen atoms in total. The first-order valence-corrected chi connectivity index (χ1v) is 12.2. The maximum atomic E-state index is 12.2. The number of nitrogens with one attached hydrogen (secondary N) is 2. The Morgan fingerprint density at radius 1 is 0.875 bits per heavy atom. The molecule has 0 aromatic carbocycles. The van der Waals surface area contributed by atoms with Gasteiger partial charge in [-0.2, -0.15) is 0 Å². The molecule has 0 aliphatic heterocycles. The van der Waals surface area contributed by atoms with E-state index in [9.17, 15) is 29.7 Å². The van der Waals surface area contributed by atoms with E-state index in [0.29, 0.717) is 34.8 Å². The van der Waals surface area contributed by atoms with E-state index in [4.69, 9.17) is 0 Å². The lowest BCUT2D eigenvalue weighted by Gasteiger charge is -2.14. The lowest BCUT2D eigenvalue weighted by atomic mass is 10.0. The van der Waals surface area contributed by atoms with Gasteiger partial charge in [-0.1, -0.05) is 27.7 Å². The Labute approximate surface area is 195 Å². The molecular formula is C22H30N2O6S2. The number of carbonyl (C=O) groups excluding carboxylic acids is 1. The number of aliphatic hydroxyl groups excluding tert-OH is 1. The summed E-state index contributed by atoms with van der Waals surface area (Å²) >= 11 is 2.46. The van der Waals surface area contributed by atoms with Gasteiger partial charge < -0.3 is 26.0 Å². The predicted octanol–water partition coefficient (Wildman–Crippen LogP) is 5.38. The average Bonchev–Trinajstić information content (AvgIpc) is 3.29. The summed E-state index contributed by atoms with van der Waals surface area (Å²) in [7, 11) is 0. The summed E-state index contributed by atoms with van der Waals surface area (Å²) in [5, 5.41) is 39.0. The first-order chi connectivity index (χ1) is 15.0. The molecule has 1 unspecified atom stereocenters. The normalized spacial score (nSPS) is 12.2. The minimum Gasteiger partial charge on any atom is -0.478 e. The molecule has 2 rings (SSSR count). The van der Waals surface area contributed by atoms with Crippen LogP contribution in [0, 0.1) is 0 Å². The lowest BCUT2D eigenvalue weighted by Crippen LogP contribution is -2.20. The molecule has 0 saturated carbocycles. The Kier molecular flexibility index (Phi) is 9.23. The molecule has 0 aliphatic rings. The summed E-state index contributed by atoms with van der Waals surface area (Å²) in [5.74, 6) is -2.27. The highest BCUT2D eigenvalue weighted by molar-refractivity contribution is 7.15. The van der Waals surface area contributed by atoms with Gasteiger partial charge >= 0.3 is 11.9 Å². The number of anilines is 2. The van der Waals surface area contributed by atoms with Gasteiger partial charge in [-0.05, 0) is 53.0 Å². The standard InChI is InChI=1S/C22H30N2O6S2/c1-11(2)13-9-31-19(17(13)21(27)28)23-15(25)7-5-6-8-16(26)24-20-18(22(29)30)14(10-32-20)12(3)4/h9-12,15,23,25H,5-8H2,1-4H3,(H,24,26)(H,27,28)(H,29,30). The molecule has 1 amide bonds. The van der Waals surface area contributed by atoms with Gasteiger partial charge in [0.15, 0.2) is 0 Å². The van der Waals surface area contributed by atoms with Crippen molar-refractivity contribution >= 4 is 50.5 Å². The van der Waals surface area contributed by atoms with E-state index in [1.807, 2.05) is 27.7 Å². The Morgan fingerprint density at radius 2 is 1.38 bits per heavy atom. The zero-order valence-electron chi connectivity index (χ0n) is 18.6. The Bertz CT molecular complexity index is 964. The van der Waals surface area contributed by atoms with Crippen LogP contribution in [-0.2, 0) is 4.79 Å². The van der Waals surface area contributed by atoms with E-state index in [-0.39, 0.29) is 35.3 Å². The molecule has 2 aromatic heterocycles. The molecule has 0 aliphatic carbocycles. The Morgan fingerprint density at radius 3 is 1.88 bits per heavy atom. The third-order valence-electron chi connectivity index (χ3n) is 4.99. The maximum absolute atomic E-state index is 12.2.